The molecule has 11 aromatic rings. The van der Waals surface area contributed by atoms with E-state index in [1.807, 2.05) is 0 Å². The summed E-state index contributed by atoms with van der Waals surface area (Å²) in [5.41, 5.74) is 10.1. The van der Waals surface area contributed by atoms with Crippen LogP contribution in [-0.2, 0) is 0 Å². The van der Waals surface area contributed by atoms with Gasteiger partial charge in [-0.2, -0.15) is 0 Å². The molecule has 0 bridgehead atoms. The predicted octanol–water partition coefficient (Wildman–Crippen LogP) is 12.3. The van der Waals surface area contributed by atoms with Crippen LogP contribution in [0.1, 0.15) is 0 Å². The second-order valence-electron chi connectivity index (χ2n) is 12.6. The summed E-state index contributed by atoms with van der Waals surface area (Å²) in [6.07, 6.45) is 0. The number of nitrogens with zero attached hydrogens (tertiary/aromatic N) is 1. The number of furan rings is 1. The summed E-state index contributed by atoms with van der Waals surface area (Å²) in [6.45, 7) is 0. The van der Waals surface area contributed by atoms with Crippen LogP contribution < -0.4 is 0 Å². The average molecular weight is 599 g/mol. The van der Waals surface area contributed by atoms with Gasteiger partial charge in [-0.3, -0.25) is 0 Å². The molecule has 47 heavy (non-hydrogen) atoms. The number of para-hydroxylation sites is 1. The van der Waals surface area contributed by atoms with Crippen LogP contribution in [0, 0.1) is 0 Å². The van der Waals surface area contributed by atoms with E-state index in [2.05, 4.69) is 161 Å². The van der Waals surface area contributed by atoms with Crippen molar-refractivity contribution in [3.05, 3.63) is 152 Å². The zero-order valence-corrected chi connectivity index (χ0v) is 25.3. The van der Waals surface area contributed by atoms with Gasteiger partial charge in [0.05, 0.1) is 11.0 Å². The number of H-pyrrole nitrogens is 1. The molecule has 11 rings (SSSR count). The molecule has 0 fully saturated rings. The lowest BCUT2D eigenvalue weighted by atomic mass is 9.98. The number of hydrogen-bond donors (Lipinski definition) is 1. The monoisotopic (exact) mass is 598 g/mol. The molecule has 0 saturated carbocycles. The first-order valence-corrected chi connectivity index (χ1v) is 16.1. The van der Waals surface area contributed by atoms with Crippen LogP contribution in [0.25, 0.3) is 104 Å². The van der Waals surface area contributed by atoms with Gasteiger partial charge in [0.1, 0.15) is 11.2 Å². The molecule has 218 valence electrons. The molecule has 0 spiro atoms. The van der Waals surface area contributed by atoms with Gasteiger partial charge in [-0.1, -0.05) is 91.0 Å². The maximum Gasteiger partial charge on any atom is 0.143 e. The molecule has 0 atom stereocenters. The van der Waals surface area contributed by atoms with Crippen molar-refractivity contribution in [2.45, 2.75) is 0 Å². The summed E-state index contributed by atoms with van der Waals surface area (Å²) in [5, 5.41) is 12.1. The smallest absolute Gasteiger partial charge is 0.143 e. The quantitative estimate of drug-likeness (QED) is 0.211. The Morgan fingerprint density at radius 3 is 1.98 bits per heavy atom. The lowest BCUT2D eigenvalue weighted by Gasteiger charge is -2.08. The highest BCUT2D eigenvalue weighted by Gasteiger charge is 2.18. The number of rotatable bonds is 2. The molecular weight excluding hydrogens is 572 g/mol. The van der Waals surface area contributed by atoms with Crippen LogP contribution in [0.2, 0.25) is 0 Å². The second kappa shape index (κ2) is 9.12. The third-order valence-corrected chi connectivity index (χ3v) is 10.1. The molecule has 0 aliphatic heterocycles. The van der Waals surface area contributed by atoms with Gasteiger partial charge in [-0.25, -0.2) is 0 Å². The highest BCUT2D eigenvalue weighted by atomic mass is 16.3. The van der Waals surface area contributed by atoms with Crippen molar-refractivity contribution in [1.29, 1.82) is 0 Å². The highest BCUT2D eigenvalue weighted by Crippen LogP contribution is 2.43. The molecule has 0 radical (unpaired) electrons. The lowest BCUT2D eigenvalue weighted by Crippen LogP contribution is -1.93. The van der Waals surface area contributed by atoms with Crippen molar-refractivity contribution in [1.82, 2.24) is 9.55 Å². The van der Waals surface area contributed by atoms with Gasteiger partial charge in [0, 0.05) is 54.4 Å². The average Bonchev–Trinajstić information content (AvgIpc) is 3.80. The fraction of sp³-hybridized carbons (Fsp3) is 0. The van der Waals surface area contributed by atoms with Crippen molar-refractivity contribution in [2.24, 2.45) is 0 Å². The van der Waals surface area contributed by atoms with E-state index in [1.165, 1.54) is 70.9 Å². The molecular formula is C44H26N2O. The summed E-state index contributed by atoms with van der Waals surface area (Å²) >= 11 is 0. The van der Waals surface area contributed by atoms with Crippen LogP contribution >= 0.6 is 0 Å². The van der Waals surface area contributed by atoms with Gasteiger partial charge >= 0.3 is 0 Å². The molecule has 3 aromatic heterocycles. The van der Waals surface area contributed by atoms with E-state index in [-0.39, 0.29) is 0 Å². The first-order chi connectivity index (χ1) is 23.3. The zero-order chi connectivity index (χ0) is 30.6. The van der Waals surface area contributed by atoms with Crippen molar-refractivity contribution in [3.8, 4) is 16.8 Å². The van der Waals surface area contributed by atoms with Crippen LogP contribution in [0.15, 0.2) is 156 Å². The third kappa shape index (κ3) is 3.40. The van der Waals surface area contributed by atoms with Crippen molar-refractivity contribution in [3.63, 3.8) is 0 Å². The summed E-state index contributed by atoms with van der Waals surface area (Å²) in [5.74, 6) is 0. The minimum Gasteiger partial charge on any atom is -0.455 e. The standard InChI is InChI=1S/C44H26N2O/c1-2-10-30(11-3-1)46-38-21-17-29(25-35(38)41-31-12-6-4-8-26(31)16-22-39(41)46)28-15-19-36-34(24-28)42-37(45-36)20-23-40-43(42)33-18-14-27-9-5-7-13-32(27)44(33)47-40/h1-25,45H. The van der Waals surface area contributed by atoms with Crippen LogP contribution in [-0.4, -0.2) is 9.55 Å². The number of aromatic amines is 1. The van der Waals surface area contributed by atoms with E-state index in [4.69, 9.17) is 4.42 Å². The Morgan fingerprint density at radius 2 is 1.11 bits per heavy atom. The number of hydrogen-bond acceptors (Lipinski definition) is 1. The first-order valence-electron chi connectivity index (χ1n) is 16.1. The number of fused-ring (bicyclic) bond motifs is 14. The fourth-order valence-electron chi connectivity index (χ4n) is 7.99. The van der Waals surface area contributed by atoms with Gasteiger partial charge in [0.15, 0.2) is 0 Å². The van der Waals surface area contributed by atoms with Gasteiger partial charge in [0.25, 0.3) is 0 Å². The maximum atomic E-state index is 6.55. The second-order valence-corrected chi connectivity index (χ2v) is 12.6. The summed E-state index contributed by atoms with van der Waals surface area (Å²) in [4.78, 5) is 3.69. The molecule has 3 nitrogen and oxygen atoms in total. The Kier molecular flexibility index (Phi) is 4.84. The van der Waals surface area contributed by atoms with Crippen molar-refractivity contribution in [2.75, 3.05) is 0 Å². The Hall–Kier alpha value is -6.32. The number of nitrogens with one attached hydrogen (secondary N) is 1. The van der Waals surface area contributed by atoms with Gasteiger partial charge in [0.2, 0.25) is 0 Å². The summed E-state index contributed by atoms with van der Waals surface area (Å²) < 4.78 is 8.95. The van der Waals surface area contributed by atoms with E-state index in [0.29, 0.717) is 0 Å². The molecule has 3 heteroatoms. The summed E-state index contributed by atoms with van der Waals surface area (Å²) in [6, 6.07) is 54.8. The summed E-state index contributed by atoms with van der Waals surface area (Å²) in [7, 11) is 0. The predicted molar refractivity (Wildman–Crippen MR) is 198 cm³/mol. The minimum atomic E-state index is 0.914. The van der Waals surface area contributed by atoms with Gasteiger partial charge in [-0.05, 0) is 87.9 Å². The van der Waals surface area contributed by atoms with Crippen molar-refractivity contribution >= 4 is 87.1 Å². The van der Waals surface area contributed by atoms with E-state index in [1.54, 1.807) is 0 Å². The Labute approximate surface area is 268 Å². The topological polar surface area (TPSA) is 33.9 Å². The molecule has 3 heterocycles. The zero-order valence-electron chi connectivity index (χ0n) is 25.3. The SMILES string of the molecule is c1ccc(-n2c3ccc(-c4ccc5[nH]c6ccc7oc8c9ccccc9ccc8c7c6c5c4)cc3c3c4ccccc4ccc32)cc1. The lowest BCUT2D eigenvalue weighted by molar-refractivity contribution is 0.673. The van der Waals surface area contributed by atoms with E-state index in [0.717, 1.165) is 33.0 Å². The minimum absolute atomic E-state index is 0.914. The van der Waals surface area contributed by atoms with E-state index in [9.17, 15) is 0 Å². The fourth-order valence-corrected chi connectivity index (χ4v) is 7.99. The van der Waals surface area contributed by atoms with Crippen LogP contribution in [0.5, 0.6) is 0 Å². The Morgan fingerprint density at radius 1 is 0.426 bits per heavy atom. The van der Waals surface area contributed by atoms with Crippen LogP contribution in [0.3, 0.4) is 0 Å². The molecule has 0 aliphatic rings. The largest absolute Gasteiger partial charge is 0.455 e. The highest BCUT2D eigenvalue weighted by molar-refractivity contribution is 6.29. The number of benzene rings is 8. The normalized spacial score (nSPS) is 12.3. The van der Waals surface area contributed by atoms with Crippen molar-refractivity contribution < 1.29 is 4.42 Å². The van der Waals surface area contributed by atoms with E-state index < -0.39 is 0 Å². The van der Waals surface area contributed by atoms with Crippen LogP contribution in [0.4, 0.5) is 0 Å². The first kappa shape index (κ1) is 24.9. The van der Waals surface area contributed by atoms with E-state index >= 15 is 0 Å². The molecule has 1 N–H and O–H groups in total. The molecule has 0 aliphatic carbocycles. The number of aromatic nitrogens is 2. The molecule has 0 saturated heterocycles. The van der Waals surface area contributed by atoms with Gasteiger partial charge < -0.3 is 14.0 Å². The Bertz CT molecular complexity index is 3070. The Balaban J connectivity index is 1.19. The third-order valence-electron chi connectivity index (χ3n) is 10.1. The molecule has 8 aromatic carbocycles. The maximum absolute atomic E-state index is 6.55. The van der Waals surface area contributed by atoms with Gasteiger partial charge in [-0.15, -0.1) is 0 Å². The molecule has 0 unspecified atom stereocenters. The molecule has 0 amide bonds.